The lowest BCUT2D eigenvalue weighted by Crippen LogP contribution is -2.36. The number of nitrogens with one attached hydrogen (secondary N) is 2. The predicted molar refractivity (Wildman–Crippen MR) is 129 cm³/mol. The quantitative estimate of drug-likeness (QED) is 0.583. The van der Waals surface area contributed by atoms with E-state index in [2.05, 4.69) is 15.6 Å². The molecule has 0 unspecified atom stereocenters. The number of pyridine rings is 1. The normalized spacial score (nSPS) is 15.5. The Hall–Kier alpha value is -3.80. The Morgan fingerprint density at radius 1 is 0.818 bits per heavy atom. The van der Waals surface area contributed by atoms with E-state index in [-0.39, 0.29) is 17.9 Å². The molecule has 3 aromatic rings. The Labute approximate surface area is 193 Å². The SMILES string of the molecule is O=C(Nc1ccncc1)c1ccc(C2=Nc3cc(C(=O)NC4CCCCC4)ccc3C2)cc1. The van der Waals surface area contributed by atoms with Gasteiger partial charge >= 0.3 is 0 Å². The van der Waals surface area contributed by atoms with Gasteiger partial charge in [0.2, 0.25) is 0 Å². The number of aromatic nitrogens is 1. The van der Waals surface area contributed by atoms with Crippen molar-refractivity contribution in [3.8, 4) is 0 Å². The standard InChI is InChI=1S/C27H26N4O2/c32-26(30-23-12-14-28-15-13-23)19-8-6-18(7-9-19)24-16-20-10-11-21(17-25(20)31-24)27(33)29-22-4-2-1-3-5-22/h6-15,17,22H,1-5,16H2,(H,29,33)(H,28,30,32). The molecular formula is C27H26N4O2. The van der Waals surface area contributed by atoms with Gasteiger partial charge in [0, 0.05) is 41.7 Å². The van der Waals surface area contributed by atoms with E-state index in [1.807, 2.05) is 30.3 Å². The van der Waals surface area contributed by atoms with Crippen LogP contribution in [-0.2, 0) is 6.42 Å². The van der Waals surface area contributed by atoms with E-state index in [9.17, 15) is 9.59 Å². The van der Waals surface area contributed by atoms with E-state index in [4.69, 9.17) is 4.99 Å². The summed E-state index contributed by atoms with van der Waals surface area (Å²) in [7, 11) is 0. The van der Waals surface area contributed by atoms with Crippen molar-refractivity contribution in [1.82, 2.24) is 10.3 Å². The van der Waals surface area contributed by atoms with Crippen molar-refractivity contribution < 1.29 is 9.59 Å². The number of carbonyl (C=O) groups is 2. The van der Waals surface area contributed by atoms with Gasteiger partial charge in [-0.3, -0.25) is 19.6 Å². The number of nitrogens with zero attached hydrogens (tertiary/aromatic N) is 2. The average molecular weight is 439 g/mol. The minimum absolute atomic E-state index is 0.0158. The maximum Gasteiger partial charge on any atom is 0.255 e. The molecule has 2 aliphatic rings. The molecule has 0 saturated heterocycles. The minimum Gasteiger partial charge on any atom is -0.349 e. The molecule has 33 heavy (non-hydrogen) atoms. The second kappa shape index (κ2) is 9.36. The number of carbonyl (C=O) groups excluding carboxylic acids is 2. The number of hydrogen-bond donors (Lipinski definition) is 2. The first kappa shape index (κ1) is 21.1. The fourth-order valence-electron chi connectivity index (χ4n) is 4.46. The van der Waals surface area contributed by atoms with Gasteiger partial charge in [0.15, 0.2) is 0 Å². The van der Waals surface area contributed by atoms with Gasteiger partial charge in [-0.15, -0.1) is 0 Å². The molecule has 1 aromatic heterocycles. The zero-order valence-electron chi connectivity index (χ0n) is 18.4. The second-order valence-corrected chi connectivity index (χ2v) is 8.65. The topological polar surface area (TPSA) is 83.5 Å². The Balaban J connectivity index is 1.26. The average Bonchev–Trinajstić information content (AvgIpc) is 3.29. The van der Waals surface area contributed by atoms with Crippen molar-refractivity contribution in [1.29, 1.82) is 0 Å². The molecule has 1 aliphatic heterocycles. The van der Waals surface area contributed by atoms with Crippen LogP contribution in [0.5, 0.6) is 0 Å². The summed E-state index contributed by atoms with van der Waals surface area (Å²) in [6.45, 7) is 0. The molecule has 0 spiro atoms. The number of anilines is 1. The van der Waals surface area contributed by atoms with E-state index in [1.165, 1.54) is 19.3 Å². The van der Waals surface area contributed by atoms with Gasteiger partial charge in [-0.25, -0.2) is 0 Å². The molecule has 2 N–H and O–H groups in total. The van der Waals surface area contributed by atoms with E-state index >= 15 is 0 Å². The number of amides is 2. The van der Waals surface area contributed by atoms with Gasteiger partial charge in [0.25, 0.3) is 11.8 Å². The molecule has 0 atom stereocenters. The van der Waals surface area contributed by atoms with Crippen LogP contribution in [-0.4, -0.2) is 28.6 Å². The third kappa shape index (κ3) is 4.85. The first-order chi connectivity index (χ1) is 16.2. The van der Waals surface area contributed by atoms with Gasteiger partial charge < -0.3 is 10.6 Å². The summed E-state index contributed by atoms with van der Waals surface area (Å²) in [5, 5.41) is 6.03. The van der Waals surface area contributed by atoms with Crippen molar-refractivity contribution in [2.45, 2.75) is 44.6 Å². The summed E-state index contributed by atoms with van der Waals surface area (Å²) < 4.78 is 0. The lowest BCUT2D eigenvalue weighted by molar-refractivity contribution is 0.0927. The monoisotopic (exact) mass is 438 g/mol. The zero-order chi connectivity index (χ0) is 22.6. The van der Waals surface area contributed by atoms with Crippen LogP contribution in [0.2, 0.25) is 0 Å². The molecule has 166 valence electrons. The summed E-state index contributed by atoms with van der Waals surface area (Å²) >= 11 is 0. The number of benzene rings is 2. The fraction of sp³-hybridized carbons (Fsp3) is 0.259. The summed E-state index contributed by atoms with van der Waals surface area (Å²) in [4.78, 5) is 33.9. The molecule has 2 heterocycles. The van der Waals surface area contributed by atoms with Gasteiger partial charge in [-0.05, 0) is 60.4 Å². The highest BCUT2D eigenvalue weighted by Gasteiger charge is 2.20. The van der Waals surface area contributed by atoms with Crippen molar-refractivity contribution in [3.05, 3.63) is 89.2 Å². The molecule has 0 bridgehead atoms. The Morgan fingerprint density at radius 3 is 2.30 bits per heavy atom. The highest BCUT2D eigenvalue weighted by Crippen LogP contribution is 2.30. The lowest BCUT2D eigenvalue weighted by Gasteiger charge is -2.22. The molecule has 5 rings (SSSR count). The molecule has 0 radical (unpaired) electrons. The van der Waals surface area contributed by atoms with Crippen LogP contribution >= 0.6 is 0 Å². The molecule has 1 aliphatic carbocycles. The maximum atomic E-state index is 12.7. The first-order valence-corrected chi connectivity index (χ1v) is 11.5. The Morgan fingerprint density at radius 2 is 1.55 bits per heavy atom. The summed E-state index contributed by atoms with van der Waals surface area (Å²) in [5.74, 6) is -0.184. The van der Waals surface area contributed by atoms with E-state index in [0.29, 0.717) is 23.2 Å². The summed E-state index contributed by atoms with van der Waals surface area (Å²) in [6, 6.07) is 17.0. The van der Waals surface area contributed by atoms with Crippen LogP contribution in [0.4, 0.5) is 11.4 Å². The van der Waals surface area contributed by atoms with Gasteiger partial charge in [-0.2, -0.15) is 0 Å². The Bertz CT molecular complexity index is 1200. The molecule has 2 amide bonds. The minimum atomic E-state index is -0.169. The van der Waals surface area contributed by atoms with Gasteiger partial charge in [0.05, 0.1) is 11.4 Å². The van der Waals surface area contributed by atoms with Crippen LogP contribution in [0.3, 0.4) is 0 Å². The van der Waals surface area contributed by atoms with Gasteiger partial charge in [-0.1, -0.05) is 37.5 Å². The molecular weight excluding hydrogens is 412 g/mol. The lowest BCUT2D eigenvalue weighted by atomic mass is 9.95. The predicted octanol–water partition coefficient (Wildman–Crippen LogP) is 5.07. The highest BCUT2D eigenvalue weighted by atomic mass is 16.2. The number of rotatable bonds is 5. The number of aliphatic imine (C=N–C) groups is 1. The third-order valence-corrected chi connectivity index (χ3v) is 6.32. The zero-order valence-corrected chi connectivity index (χ0v) is 18.4. The highest BCUT2D eigenvalue weighted by molar-refractivity contribution is 6.09. The largest absolute Gasteiger partial charge is 0.349 e. The number of fused-ring (bicyclic) bond motifs is 1. The van der Waals surface area contributed by atoms with Crippen molar-refractivity contribution >= 4 is 28.9 Å². The molecule has 6 heteroatoms. The molecule has 2 aromatic carbocycles. The van der Waals surface area contributed by atoms with Crippen LogP contribution in [0.25, 0.3) is 0 Å². The molecule has 1 fully saturated rings. The first-order valence-electron chi connectivity index (χ1n) is 11.5. The van der Waals surface area contributed by atoms with Crippen LogP contribution in [0.1, 0.15) is 63.9 Å². The summed E-state index contributed by atoms with van der Waals surface area (Å²) in [5.41, 5.74) is 5.81. The fourth-order valence-corrected chi connectivity index (χ4v) is 4.46. The Kier molecular flexibility index (Phi) is 5.98. The second-order valence-electron chi connectivity index (χ2n) is 8.65. The van der Waals surface area contributed by atoms with Crippen molar-refractivity contribution in [2.75, 3.05) is 5.32 Å². The third-order valence-electron chi connectivity index (χ3n) is 6.32. The van der Waals surface area contributed by atoms with Crippen molar-refractivity contribution in [2.24, 2.45) is 4.99 Å². The maximum absolute atomic E-state index is 12.7. The van der Waals surface area contributed by atoms with Crippen LogP contribution in [0.15, 0.2) is 72.0 Å². The molecule has 1 saturated carbocycles. The smallest absolute Gasteiger partial charge is 0.255 e. The van der Waals surface area contributed by atoms with Crippen LogP contribution < -0.4 is 10.6 Å². The van der Waals surface area contributed by atoms with Crippen molar-refractivity contribution in [3.63, 3.8) is 0 Å². The molecule has 6 nitrogen and oxygen atoms in total. The summed E-state index contributed by atoms with van der Waals surface area (Å²) in [6.07, 6.45) is 9.76. The number of hydrogen-bond acceptors (Lipinski definition) is 4. The van der Waals surface area contributed by atoms with E-state index in [1.54, 1.807) is 36.7 Å². The van der Waals surface area contributed by atoms with Crippen LogP contribution in [0, 0.1) is 0 Å². The van der Waals surface area contributed by atoms with E-state index in [0.717, 1.165) is 35.4 Å². The van der Waals surface area contributed by atoms with E-state index < -0.39 is 0 Å². The van der Waals surface area contributed by atoms with Gasteiger partial charge in [0.1, 0.15) is 0 Å².